The Bertz CT molecular complexity index is 938. The number of phenols is 1. The Labute approximate surface area is 168 Å². The molecule has 146 valence electrons. The Balaban J connectivity index is 2.16. The molecule has 2 N–H and O–H groups in total. The van der Waals surface area contributed by atoms with E-state index in [4.69, 9.17) is 11.6 Å². The number of carbonyl (C=O) groups is 2. The summed E-state index contributed by atoms with van der Waals surface area (Å²) in [5, 5.41) is 21.5. The van der Waals surface area contributed by atoms with Crippen molar-refractivity contribution in [1.82, 2.24) is 9.80 Å². The van der Waals surface area contributed by atoms with Gasteiger partial charge in [0.1, 0.15) is 11.5 Å². The first-order valence-electron chi connectivity index (χ1n) is 8.78. The van der Waals surface area contributed by atoms with Crippen LogP contribution in [0.5, 0.6) is 5.75 Å². The number of para-hydroxylation sites is 1. The zero-order valence-corrected chi connectivity index (χ0v) is 16.3. The van der Waals surface area contributed by atoms with Gasteiger partial charge >= 0.3 is 0 Å². The molecule has 1 aliphatic rings. The summed E-state index contributed by atoms with van der Waals surface area (Å²) >= 11 is 5.98. The number of phenolic OH excluding ortho intramolecular Hbond substituents is 1. The summed E-state index contributed by atoms with van der Waals surface area (Å²) in [6.45, 7) is 0.857. The molecule has 1 fully saturated rings. The predicted molar refractivity (Wildman–Crippen MR) is 107 cm³/mol. The molecule has 2 aromatic rings. The molecule has 1 amide bonds. The minimum atomic E-state index is -0.778. The van der Waals surface area contributed by atoms with Crippen molar-refractivity contribution >= 4 is 29.1 Å². The van der Waals surface area contributed by atoms with E-state index < -0.39 is 23.5 Å². The van der Waals surface area contributed by atoms with Gasteiger partial charge in [-0.15, -0.1) is 0 Å². The van der Waals surface area contributed by atoms with Crippen LogP contribution in [0.15, 0.2) is 54.1 Å². The highest BCUT2D eigenvalue weighted by Crippen LogP contribution is 2.40. The first-order valence-corrected chi connectivity index (χ1v) is 9.16. The number of likely N-dealkylation sites (N-methyl/N-ethyl adjacent to an activating group) is 1. The Morgan fingerprint density at radius 1 is 1.11 bits per heavy atom. The number of carbonyl (C=O) groups excluding carboxylic acids is 2. The Morgan fingerprint density at radius 3 is 2.36 bits per heavy atom. The molecule has 28 heavy (non-hydrogen) atoms. The molecule has 0 aromatic heterocycles. The highest BCUT2D eigenvalue weighted by atomic mass is 35.5. The van der Waals surface area contributed by atoms with Gasteiger partial charge in [0.2, 0.25) is 0 Å². The molecule has 2 aromatic carbocycles. The lowest BCUT2D eigenvalue weighted by Gasteiger charge is -2.26. The van der Waals surface area contributed by atoms with Crippen LogP contribution < -0.4 is 0 Å². The molecule has 0 saturated carbocycles. The minimum Gasteiger partial charge on any atom is -0.507 e. The van der Waals surface area contributed by atoms with Crippen LogP contribution in [0.25, 0.3) is 5.76 Å². The van der Waals surface area contributed by atoms with Crippen LogP contribution in [0, 0.1) is 0 Å². The van der Waals surface area contributed by atoms with Crippen molar-refractivity contribution < 1.29 is 19.8 Å². The monoisotopic (exact) mass is 400 g/mol. The number of halogens is 1. The second-order valence-corrected chi connectivity index (χ2v) is 7.30. The molecular formula is C21H21ClN2O4. The number of hydrogen-bond donors (Lipinski definition) is 2. The standard InChI is InChI=1S/C21H21ClN2O4/c1-23(2)11-12-24-18(13-7-9-14(22)10-8-13)17(20(27)21(24)28)19(26)15-5-3-4-6-16(15)25/h3-10,18,25-26H,11-12H2,1-2H3/t18-/m1/s1. The van der Waals surface area contributed by atoms with Crippen molar-refractivity contribution in [3.05, 3.63) is 70.3 Å². The van der Waals surface area contributed by atoms with Crippen molar-refractivity contribution in [2.45, 2.75) is 6.04 Å². The molecule has 7 heteroatoms. The average Bonchev–Trinajstić information content (AvgIpc) is 2.91. The molecular weight excluding hydrogens is 380 g/mol. The van der Waals surface area contributed by atoms with E-state index in [0.717, 1.165) is 0 Å². The van der Waals surface area contributed by atoms with E-state index in [1.807, 2.05) is 19.0 Å². The van der Waals surface area contributed by atoms with Crippen LogP contribution in [0.3, 0.4) is 0 Å². The lowest BCUT2D eigenvalue weighted by molar-refractivity contribution is -0.140. The predicted octanol–water partition coefficient (Wildman–Crippen LogP) is 3.03. The number of rotatable bonds is 5. The van der Waals surface area contributed by atoms with Gasteiger partial charge < -0.3 is 20.0 Å². The fourth-order valence-electron chi connectivity index (χ4n) is 3.23. The van der Waals surface area contributed by atoms with Crippen LogP contribution >= 0.6 is 11.6 Å². The number of aromatic hydroxyl groups is 1. The SMILES string of the molecule is CN(C)CCN1C(=O)C(=O)C(=C(O)c2ccccc2O)[C@H]1c1ccc(Cl)cc1. The fraction of sp³-hybridized carbons (Fsp3) is 0.238. The van der Waals surface area contributed by atoms with Gasteiger partial charge in [-0.3, -0.25) is 9.59 Å². The molecule has 1 saturated heterocycles. The lowest BCUT2D eigenvalue weighted by atomic mass is 9.95. The quantitative estimate of drug-likeness (QED) is 0.458. The minimum absolute atomic E-state index is 0.0485. The van der Waals surface area contributed by atoms with Crippen molar-refractivity contribution in [2.75, 3.05) is 27.2 Å². The smallest absolute Gasteiger partial charge is 0.295 e. The van der Waals surface area contributed by atoms with Crippen LogP contribution in [-0.2, 0) is 9.59 Å². The van der Waals surface area contributed by atoms with Crippen LogP contribution in [0.4, 0.5) is 0 Å². The number of ketones is 1. The molecule has 0 unspecified atom stereocenters. The number of likely N-dealkylation sites (tertiary alicyclic amines) is 1. The second kappa shape index (κ2) is 8.04. The summed E-state index contributed by atoms with van der Waals surface area (Å²) in [5.74, 6) is -2.03. The maximum Gasteiger partial charge on any atom is 0.295 e. The van der Waals surface area contributed by atoms with Crippen molar-refractivity contribution in [2.24, 2.45) is 0 Å². The van der Waals surface area contributed by atoms with Gasteiger partial charge in [-0.05, 0) is 43.9 Å². The van der Waals surface area contributed by atoms with Gasteiger partial charge in [0.05, 0.1) is 17.2 Å². The van der Waals surface area contributed by atoms with Crippen LogP contribution in [0.1, 0.15) is 17.2 Å². The summed E-state index contributed by atoms with van der Waals surface area (Å²) < 4.78 is 0. The van der Waals surface area contributed by atoms with E-state index in [1.54, 1.807) is 36.4 Å². The normalized spacial score (nSPS) is 18.9. The summed E-state index contributed by atoms with van der Waals surface area (Å²) in [6.07, 6.45) is 0. The lowest BCUT2D eigenvalue weighted by Crippen LogP contribution is -2.35. The van der Waals surface area contributed by atoms with Gasteiger partial charge in [-0.25, -0.2) is 0 Å². The molecule has 3 rings (SSSR count). The van der Waals surface area contributed by atoms with Crippen molar-refractivity contribution in [1.29, 1.82) is 0 Å². The van der Waals surface area contributed by atoms with E-state index in [0.29, 0.717) is 23.7 Å². The number of nitrogens with zero attached hydrogens (tertiary/aromatic N) is 2. The van der Waals surface area contributed by atoms with Crippen molar-refractivity contribution in [3.63, 3.8) is 0 Å². The van der Waals surface area contributed by atoms with Gasteiger partial charge in [0, 0.05) is 18.1 Å². The molecule has 0 spiro atoms. The number of aliphatic hydroxyl groups excluding tert-OH is 1. The zero-order chi connectivity index (χ0) is 20.4. The third-order valence-corrected chi connectivity index (χ3v) is 4.92. The zero-order valence-electron chi connectivity index (χ0n) is 15.6. The number of amides is 1. The summed E-state index contributed by atoms with van der Waals surface area (Å²) in [4.78, 5) is 28.9. The highest BCUT2D eigenvalue weighted by molar-refractivity contribution is 6.46. The topological polar surface area (TPSA) is 81.1 Å². The second-order valence-electron chi connectivity index (χ2n) is 6.86. The number of hydrogen-bond acceptors (Lipinski definition) is 5. The number of Topliss-reactive ketones (excluding diaryl/α,β-unsaturated/α-hetero) is 1. The molecule has 1 aliphatic heterocycles. The molecule has 6 nitrogen and oxygen atoms in total. The summed E-state index contributed by atoms with van der Waals surface area (Å²) in [6, 6.07) is 12.2. The molecule has 0 radical (unpaired) electrons. The van der Waals surface area contributed by atoms with Gasteiger partial charge in [-0.1, -0.05) is 35.9 Å². The molecule has 1 atom stereocenters. The Hall–Kier alpha value is -2.83. The highest BCUT2D eigenvalue weighted by Gasteiger charge is 2.46. The number of benzene rings is 2. The van der Waals surface area contributed by atoms with Crippen LogP contribution in [-0.4, -0.2) is 58.9 Å². The Kier molecular flexibility index (Phi) is 5.72. The van der Waals surface area contributed by atoms with Gasteiger partial charge in [0.25, 0.3) is 11.7 Å². The Morgan fingerprint density at radius 2 is 1.75 bits per heavy atom. The number of aliphatic hydroxyl groups is 1. The molecule has 0 aliphatic carbocycles. The first kappa shape index (κ1) is 19.9. The van der Waals surface area contributed by atoms with E-state index >= 15 is 0 Å². The van der Waals surface area contributed by atoms with Crippen molar-refractivity contribution in [3.8, 4) is 5.75 Å². The molecule has 1 heterocycles. The average molecular weight is 401 g/mol. The van der Waals surface area contributed by atoms with Crippen LogP contribution in [0.2, 0.25) is 5.02 Å². The maximum absolute atomic E-state index is 12.8. The van der Waals surface area contributed by atoms with Gasteiger partial charge in [0.15, 0.2) is 0 Å². The third-order valence-electron chi connectivity index (χ3n) is 4.67. The summed E-state index contributed by atoms with van der Waals surface area (Å²) in [5.41, 5.74) is 0.707. The third kappa shape index (κ3) is 3.74. The van der Waals surface area contributed by atoms with E-state index in [2.05, 4.69) is 0 Å². The largest absolute Gasteiger partial charge is 0.507 e. The van der Waals surface area contributed by atoms with Gasteiger partial charge in [-0.2, -0.15) is 0 Å². The fourth-order valence-corrected chi connectivity index (χ4v) is 3.35. The van der Waals surface area contributed by atoms with E-state index in [9.17, 15) is 19.8 Å². The first-order chi connectivity index (χ1) is 13.3. The van der Waals surface area contributed by atoms with E-state index in [-0.39, 0.29) is 16.9 Å². The maximum atomic E-state index is 12.8. The summed E-state index contributed by atoms with van der Waals surface area (Å²) in [7, 11) is 3.74. The van der Waals surface area contributed by atoms with E-state index in [1.165, 1.54) is 17.0 Å². The molecule has 0 bridgehead atoms.